The molecule has 0 unspecified atom stereocenters. The average Bonchev–Trinajstić information content (AvgIpc) is 2.62. The zero-order chi connectivity index (χ0) is 18.6. The summed E-state index contributed by atoms with van der Waals surface area (Å²) in [5.41, 5.74) is 0.716. The lowest BCUT2D eigenvalue weighted by atomic mass is 9.92. The predicted molar refractivity (Wildman–Crippen MR) is 98.0 cm³/mol. The molecule has 2 rings (SSSR count). The Morgan fingerprint density at radius 3 is 2.76 bits per heavy atom. The van der Waals surface area contributed by atoms with Crippen LogP contribution < -0.4 is 15.0 Å². The van der Waals surface area contributed by atoms with E-state index in [-0.39, 0.29) is 18.4 Å². The summed E-state index contributed by atoms with van der Waals surface area (Å²) >= 11 is 0. The largest absolute Gasteiger partial charge is 0.490 e. The first-order valence-corrected chi connectivity index (χ1v) is 8.62. The number of rotatable bonds is 6. The highest BCUT2D eigenvalue weighted by Crippen LogP contribution is 2.38. The molecule has 0 saturated heterocycles. The van der Waals surface area contributed by atoms with Gasteiger partial charge in [-0.05, 0) is 44.4 Å². The molecule has 0 spiro atoms. The van der Waals surface area contributed by atoms with Crippen LogP contribution in [-0.2, 0) is 14.3 Å². The highest BCUT2D eigenvalue weighted by molar-refractivity contribution is 6.00. The van der Waals surface area contributed by atoms with Crippen LogP contribution in [-0.4, -0.2) is 38.7 Å². The minimum Gasteiger partial charge on any atom is -0.490 e. The lowest BCUT2D eigenvalue weighted by molar-refractivity contribution is -0.127. The van der Waals surface area contributed by atoms with Crippen LogP contribution in [0.5, 0.6) is 5.75 Å². The summed E-state index contributed by atoms with van der Waals surface area (Å²) in [6.45, 7) is 8.98. The van der Waals surface area contributed by atoms with Crippen molar-refractivity contribution in [2.75, 3.05) is 37.1 Å². The number of benzene rings is 1. The molecule has 1 N–H and O–H groups in total. The van der Waals surface area contributed by atoms with Gasteiger partial charge in [0.2, 0.25) is 11.8 Å². The van der Waals surface area contributed by atoms with Gasteiger partial charge in [0.15, 0.2) is 0 Å². The van der Waals surface area contributed by atoms with Crippen LogP contribution in [0.2, 0.25) is 0 Å². The Bertz CT molecular complexity index is 640. The number of carbonyl (C=O) groups is 2. The maximum atomic E-state index is 13.0. The number of fused-ring (bicyclic) bond motifs is 1. The van der Waals surface area contributed by atoms with E-state index in [9.17, 15) is 9.59 Å². The lowest BCUT2D eigenvalue weighted by Crippen LogP contribution is -2.42. The number of methoxy groups -OCH3 is 1. The quantitative estimate of drug-likeness (QED) is 0.858. The second-order valence-corrected chi connectivity index (χ2v) is 7.48. The van der Waals surface area contributed by atoms with Crippen molar-refractivity contribution in [2.45, 2.75) is 34.1 Å². The Morgan fingerprint density at radius 2 is 2.12 bits per heavy atom. The molecule has 0 atom stereocenters. The molecule has 6 nitrogen and oxygen atoms in total. The number of amides is 2. The molecule has 1 aliphatic rings. The molecule has 1 heterocycles. The van der Waals surface area contributed by atoms with Crippen molar-refractivity contribution in [2.24, 2.45) is 11.3 Å². The minimum absolute atomic E-state index is 0.0173. The van der Waals surface area contributed by atoms with Crippen molar-refractivity contribution in [1.29, 1.82) is 0 Å². The van der Waals surface area contributed by atoms with E-state index in [2.05, 4.69) is 19.2 Å². The number of nitrogens with one attached hydrogen (secondary N) is 1. The van der Waals surface area contributed by atoms with E-state index in [4.69, 9.17) is 9.47 Å². The van der Waals surface area contributed by atoms with Crippen molar-refractivity contribution >= 4 is 23.2 Å². The van der Waals surface area contributed by atoms with E-state index in [0.717, 1.165) is 6.42 Å². The molecule has 0 aromatic heterocycles. The molecule has 138 valence electrons. The molecule has 1 aliphatic heterocycles. The van der Waals surface area contributed by atoms with Crippen molar-refractivity contribution < 1.29 is 19.1 Å². The van der Waals surface area contributed by atoms with Gasteiger partial charge in [-0.25, -0.2) is 0 Å². The molecule has 0 bridgehead atoms. The van der Waals surface area contributed by atoms with Crippen molar-refractivity contribution in [3.8, 4) is 5.75 Å². The van der Waals surface area contributed by atoms with Crippen LogP contribution in [0.15, 0.2) is 18.2 Å². The third-order valence-corrected chi connectivity index (χ3v) is 4.15. The Balaban J connectivity index is 2.36. The number of nitrogens with zero attached hydrogens (tertiary/aromatic N) is 1. The van der Waals surface area contributed by atoms with E-state index in [0.29, 0.717) is 36.2 Å². The molecular weight excluding hydrogens is 320 g/mol. The minimum atomic E-state index is -0.602. The van der Waals surface area contributed by atoms with Crippen LogP contribution in [0, 0.1) is 11.3 Å². The van der Waals surface area contributed by atoms with E-state index < -0.39 is 5.41 Å². The van der Waals surface area contributed by atoms with Crippen LogP contribution >= 0.6 is 0 Å². The molecular formula is C19H28N2O4. The van der Waals surface area contributed by atoms with Gasteiger partial charge in [0.05, 0.1) is 11.1 Å². The first-order valence-electron chi connectivity index (χ1n) is 8.62. The van der Waals surface area contributed by atoms with Gasteiger partial charge in [-0.1, -0.05) is 13.8 Å². The molecule has 1 aromatic carbocycles. The summed E-state index contributed by atoms with van der Waals surface area (Å²) in [4.78, 5) is 26.6. The number of hydrogen-bond acceptors (Lipinski definition) is 4. The summed E-state index contributed by atoms with van der Waals surface area (Å²) in [5, 5.41) is 2.78. The first-order chi connectivity index (χ1) is 11.7. The molecule has 0 radical (unpaired) electrons. The Hall–Kier alpha value is -2.08. The highest BCUT2D eigenvalue weighted by atomic mass is 16.5. The van der Waals surface area contributed by atoms with E-state index in [1.54, 1.807) is 23.1 Å². The van der Waals surface area contributed by atoms with Crippen molar-refractivity contribution in [1.82, 2.24) is 0 Å². The van der Waals surface area contributed by atoms with Gasteiger partial charge in [-0.3, -0.25) is 9.59 Å². The van der Waals surface area contributed by atoms with E-state index in [1.165, 1.54) is 7.11 Å². The Labute approximate surface area is 149 Å². The van der Waals surface area contributed by atoms with Crippen LogP contribution in [0.3, 0.4) is 0 Å². The Kier molecular flexibility index (Phi) is 6.06. The lowest BCUT2D eigenvalue weighted by Gasteiger charge is -2.28. The van der Waals surface area contributed by atoms with Gasteiger partial charge >= 0.3 is 0 Å². The van der Waals surface area contributed by atoms with Gasteiger partial charge in [0, 0.05) is 19.3 Å². The second-order valence-electron chi connectivity index (χ2n) is 7.48. The Morgan fingerprint density at radius 1 is 1.40 bits per heavy atom. The van der Waals surface area contributed by atoms with Crippen molar-refractivity contribution in [3.05, 3.63) is 18.2 Å². The van der Waals surface area contributed by atoms with Gasteiger partial charge < -0.3 is 19.7 Å². The number of ether oxygens (including phenoxy) is 2. The van der Waals surface area contributed by atoms with Gasteiger partial charge in [-0.15, -0.1) is 0 Å². The molecule has 2 amide bonds. The summed E-state index contributed by atoms with van der Waals surface area (Å²) in [6.07, 6.45) is 0.890. The number of carbonyl (C=O) groups excluding carboxylic acids is 2. The maximum Gasteiger partial charge on any atom is 0.250 e. The molecule has 1 aromatic rings. The standard InChI is InChI=1S/C19H28N2O4/c1-13(2)8-9-21-15-10-14(20-17(22)11-24-5)6-7-16(15)25-12-19(3,4)18(21)23/h6-7,10,13H,8-9,11-12H2,1-5H3,(H,20,22). The average molecular weight is 348 g/mol. The maximum absolute atomic E-state index is 13.0. The van der Waals surface area contributed by atoms with Crippen molar-refractivity contribution in [3.63, 3.8) is 0 Å². The SMILES string of the molecule is COCC(=O)Nc1ccc2c(c1)N(CCC(C)C)C(=O)C(C)(C)CO2. The fourth-order valence-corrected chi connectivity index (χ4v) is 2.66. The summed E-state index contributed by atoms with van der Waals surface area (Å²) in [5.74, 6) is 0.935. The zero-order valence-corrected chi connectivity index (χ0v) is 15.7. The third kappa shape index (κ3) is 4.72. The molecule has 25 heavy (non-hydrogen) atoms. The monoisotopic (exact) mass is 348 g/mol. The highest BCUT2D eigenvalue weighted by Gasteiger charge is 2.37. The van der Waals surface area contributed by atoms with E-state index in [1.807, 2.05) is 13.8 Å². The third-order valence-electron chi connectivity index (χ3n) is 4.15. The fourth-order valence-electron chi connectivity index (χ4n) is 2.66. The molecule has 0 fully saturated rings. The van der Waals surface area contributed by atoms with Crippen LogP contribution in [0.25, 0.3) is 0 Å². The van der Waals surface area contributed by atoms with Gasteiger partial charge in [0.25, 0.3) is 0 Å². The number of anilines is 2. The zero-order valence-electron chi connectivity index (χ0n) is 15.7. The van der Waals surface area contributed by atoms with E-state index >= 15 is 0 Å². The van der Waals surface area contributed by atoms with Crippen LogP contribution in [0.1, 0.15) is 34.1 Å². The summed E-state index contributed by atoms with van der Waals surface area (Å²) in [6, 6.07) is 5.37. The molecule has 0 saturated carbocycles. The summed E-state index contributed by atoms with van der Waals surface area (Å²) < 4.78 is 10.7. The molecule has 6 heteroatoms. The summed E-state index contributed by atoms with van der Waals surface area (Å²) in [7, 11) is 1.47. The second kappa shape index (κ2) is 7.87. The predicted octanol–water partition coefficient (Wildman–Crippen LogP) is 3.07. The van der Waals surface area contributed by atoms with Crippen LogP contribution in [0.4, 0.5) is 11.4 Å². The smallest absolute Gasteiger partial charge is 0.250 e. The fraction of sp³-hybridized carbons (Fsp3) is 0.579. The van der Waals surface area contributed by atoms with Gasteiger partial charge in [0.1, 0.15) is 19.0 Å². The normalized spacial score (nSPS) is 16.2. The first kappa shape index (κ1) is 19.2. The number of hydrogen-bond donors (Lipinski definition) is 1. The molecule has 0 aliphatic carbocycles. The van der Waals surface area contributed by atoms with Gasteiger partial charge in [-0.2, -0.15) is 0 Å². The topological polar surface area (TPSA) is 67.9 Å².